The van der Waals surface area contributed by atoms with Crippen molar-refractivity contribution in [2.75, 3.05) is 30.9 Å². The summed E-state index contributed by atoms with van der Waals surface area (Å²) >= 11 is 0. The van der Waals surface area contributed by atoms with Gasteiger partial charge >= 0.3 is 0 Å². The second kappa shape index (κ2) is 10.3. The normalized spacial score (nSPS) is 15.5. The van der Waals surface area contributed by atoms with Crippen molar-refractivity contribution in [3.63, 3.8) is 0 Å². The third-order valence-electron chi connectivity index (χ3n) is 7.04. The van der Waals surface area contributed by atoms with Gasteiger partial charge in [-0.3, -0.25) is 9.69 Å². The summed E-state index contributed by atoms with van der Waals surface area (Å²) in [5.41, 5.74) is 4.56. The Morgan fingerprint density at radius 3 is 2.77 bits per heavy atom. The molecule has 11 nitrogen and oxygen atoms in total. The van der Waals surface area contributed by atoms with Crippen LogP contribution < -0.4 is 15.0 Å². The van der Waals surface area contributed by atoms with E-state index < -0.39 is 0 Å². The fraction of sp³-hybridized carbons (Fsp3) is 0.241. The van der Waals surface area contributed by atoms with Gasteiger partial charge < -0.3 is 15.0 Å². The molecule has 1 amide bonds. The molecule has 1 N–H and O–H groups in total. The van der Waals surface area contributed by atoms with Crippen LogP contribution in [0.25, 0.3) is 16.7 Å². The zero-order chi connectivity index (χ0) is 27.8. The van der Waals surface area contributed by atoms with Crippen molar-refractivity contribution >= 4 is 39.9 Å². The molecule has 0 bridgehead atoms. The van der Waals surface area contributed by atoms with Gasteiger partial charge in [-0.1, -0.05) is 6.08 Å². The zero-order valence-corrected chi connectivity index (χ0v) is 22.7. The van der Waals surface area contributed by atoms with Crippen molar-refractivity contribution in [3.8, 4) is 11.5 Å². The predicted octanol–water partition coefficient (Wildman–Crippen LogP) is 4.53. The Morgan fingerprint density at radius 1 is 1.07 bits per heavy atom. The fourth-order valence-electron chi connectivity index (χ4n) is 4.56. The van der Waals surface area contributed by atoms with Gasteiger partial charge in [0.1, 0.15) is 35.5 Å². The van der Waals surface area contributed by atoms with Crippen molar-refractivity contribution in [3.05, 3.63) is 78.5 Å². The lowest BCUT2D eigenvalue weighted by atomic mass is 10.1. The van der Waals surface area contributed by atoms with Gasteiger partial charge in [-0.15, -0.1) is 0 Å². The largest absolute Gasteiger partial charge is 0.457 e. The second-order valence-electron chi connectivity index (χ2n) is 9.99. The Bertz CT molecular complexity index is 1760. The molecule has 1 aromatic carbocycles. The Morgan fingerprint density at radius 2 is 1.95 bits per heavy atom. The van der Waals surface area contributed by atoms with Crippen LogP contribution in [-0.4, -0.2) is 67.0 Å². The maximum Gasteiger partial charge on any atom is 0.255 e. The van der Waals surface area contributed by atoms with Gasteiger partial charge in [0.05, 0.1) is 5.52 Å². The number of anilines is 3. The van der Waals surface area contributed by atoms with Gasteiger partial charge in [0.25, 0.3) is 5.91 Å². The zero-order valence-electron chi connectivity index (χ0n) is 22.7. The molecular formula is C29H29N9O2. The van der Waals surface area contributed by atoms with Crippen molar-refractivity contribution in [1.82, 2.24) is 34.4 Å². The van der Waals surface area contributed by atoms with Gasteiger partial charge in [0.2, 0.25) is 0 Å². The van der Waals surface area contributed by atoms with Crippen LogP contribution in [0.2, 0.25) is 0 Å². The molecule has 1 aliphatic rings. The number of rotatable bonds is 7. The number of hydrogen-bond donors (Lipinski definition) is 1. The molecule has 40 heavy (non-hydrogen) atoms. The first-order valence-electron chi connectivity index (χ1n) is 13.0. The summed E-state index contributed by atoms with van der Waals surface area (Å²) < 4.78 is 7.78. The second-order valence-corrected chi connectivity index (χ2v) is 9.99. The number of hydrogen-bond acceptors (Lipinski definition) is 9. The number of pyridine rings is 2. The summed E-state index contributed by atoms with van der Waals surface area (Å²) in [6.07, 6.45) is 7.53. The van der Waals surface area contributed by atoms with Gasteiger partial charge in [-0.2, -0.15) is 5.10 Å². The van der Waals surface area contributed by atoms with Crippen LogP contribution in [0, 0.1) is 6.92 Å². The molecule has 5 heterocycles. The third-order valence-corrected chi connectivity index (χ3v) is 7.04. The molecular weight excluding hydrogens is 506 g/mol. The molecule has 11 heteroatoms. The van der Waals surface area contributed by atoms with Gasteiger partial charge in [0, 0.05) is 36.1 Å². The van der Waals surface area contributed by atoms with Crippen LogP contribution in [0.1, 0.15) is 18.9 Å². The van der Waals surface area contributed by atoms with Crippen molar-refractivity contribution in [2.45, 2.75) is 26.3 Å². The minimum atomic E-state index is -0.0127. The lowest BCUT2D eigenvalue weighted by Crippen LogP contribution is -2.27. The summed E-state index contributed by atoms with van der Waals surface area (Å²) in [5.74, 6) is 2.53. The lowest BCUT2D eigenvalue weighted by molar-refractivity contribution is -0.114. The van der Waals surface area contributed by atoms with E-state index in [-0.39, 0.29) is 11.9 Å². The van der Waals surface area contributed by atoms with Crippen LogP contribution in [0.15, 0.2) is 73.0 Å². The number of ether oxygens (including phenoxy) is 1. The van der Waals surface area contributed by atoms with Crippen molar-refractivity contribution in [2.24, 2.45) is 0 Å². The predicted molar refractivity (Wildman–Crippen MR) is 153 cm³/mol. The van der Waals surface area contributed by atoms with E-state index in [1.54, 1.807) is 9.42 Å². The first kappa shape index (κ1) is 25.4. The first-order chi connectivity index (χ1) is 19.4. The number of nitrogens with zero attached hydrogens (tertiary/aromatic N) is 8. The maximum atomic E-state index is 13.2. The van der Waals surface area contributed by atoms with Crippen LogP contribution >= 0.6 is 0 Å². The summed E-state index contributed by atoms with van der Waals surface area (Å²) in [7, 11) is 4.00. The molecule has 1 saturated heterocycles. The first-order valence-corrected chi connectivity index (χ1v) is 13.0. The SMILES string of the molecule is Cc1cc(Nc2ncnc3ccc(N4CC/C(=C\[C@H](C)N(C)C)C4=O)nc23)ccc1Oc1ccn2ncnc2c1. The minimum Gasteiger partial charge on any atom is -0.457 e. The number of aromatic nitrogens is 6. The van der Waals surface area contributed by atoms with E-state index in [0.717, 1.165) is 22.6 Å². The standard InChI is InChI=1S/C29H29N9O2/c1-18-13-21(5-7-24(18)40-22-10-12-38-26(15-22)31-17-33-38)34-28-27-23(30-16-32-28)6-8-25(35-27)37-11-9-20(29(37)39)14-19(2)36(3)4/h5-8,10,12-17,19H,9,11H2,1-4H3,(H,30,32,34)/b20-14+/t19-/m0/s1. The summed E-state index contributed by atoms with van der Waals surface area (Å²) in [6.45, 7) is 4.64. The number of nitrogens with one attached hydrogen (secondary N) is 1. The Hall–Kier alpha value is -4.90. The highest BCUT2D eigenvalue weighted by Crippen LogP contribution is 2.31. The maximum absolute atomic E-state index is 13.2. The molecule has 202 valence electrons. The molecule has 6 rings (SSSR count). The van der Waals surface area contributed by atoms with E-state index in [1.807, 2.05) is 75.8 Å². The topological polar surface area (TPSA) is 114 Å². The van der Waals surface area contributed by atoms with Gasteiger partial charge in [0.15, 0.2) is 11.5 Å². The number of fused-ring (bicyclic) bond motifs is 2. The molecule has 1 atom stereocenters. The average Bonchev–Trinajstić information content (AvgIpc) is 3.56. The number of benzene rings is 1. The van der Waals surface area contributed by atoms with Gasteiger partial charge in [-0.25, -0.2) is 24.5 Å². The molecule has 5 aromatic rings. The molecule has 0 aliphatic carbocycles. The molecule has 1 aliphatic heterocycles. The smallest absolute Gasteiger partial charge is 0.255 e. The summed E-state index contributed by atoms with van der Waals surface area (Å²) in [4.78, 5) is 34.8. The lowest BCUT2D eigenvalue weighted by Gasteiger charge is -2.17. The molecule has 0 radical (unpaired) electrons. The van der Waals surface area contributed by atoms with Crippen LogP contribution in [0.4, 0.5) is 17.3 Å². The summed E-state index contributed by atoms with van der Waals surface area (Å²) in [5, 5.41) is 7.48. The Kier molecular flexibility index (Phi) is 6.56. The van der Waals surface area contributed by atoms with Crippen LogP contribution in [-0.2, 0) is 4.79 Å². The van der Waals surface area contributed by atoms with E-state index in [2.05, 4.69) is 37.2 Å². The highest BCUT2D eigenvalue weighted by molar-refractivity contribution is 6.08. The summed E-state index contributed by atoms with van der Waals surface area (Å²) in [6, 6.07) is 13.4. The molecule has 4 aromatic heterocycles. The van der Waals surface area contributed by atoms with Crippen LogP contribution in [0.5, 0.6) is 11.5 Å². The van der Waals surface area contributed by atoms with Crippen molar-refractivity contribution < 1.29 is 9.53 Å². The monoisotopic (exact) mass is 535 g/mol. The quantitative estimate of drug-likeness (QED) is 0.300. The molecule has 0 spiro atoms. The van der Waals surface area contributed by atoms with Crippen LogP contribution in [0.3, 0.4) is 0 Å². The highest BCUT2D eigenvalue weighted by Gasteiger charge is 2.29. The molecule has 0 saturated carbocycles. The molecule has 1 fully saturated rings. The van der Waals surface area contributed by atoms with E-state index in [4.69, 9.17) is 9.72 Å². The number of carbonyl (C=O) groups excluding carboxylic acids is 1. The Labute approximate surface area is 231 Å². The highest BCUT2D eigenvalue weighted by atomic mass is 16.5. The van der Waals surface area contributed by atoms with Crippen molar-refractivity contribution in [1.29, 1.82) is 0 Å². The Balaban J connectivity index is 1.23. The number of aryl methyl sites for hydroxylation is 1. The molecule has 0 unspecified atom stereocenters. The number of carbonyl (C=O) groups is 1. The van der Waals surface area contributed by atoms with E-state index >= 15 is 0 Å². The van der Waals surface area contributed by atoms with E-state index in [0.29, 0.717) is 47.0 Å². The van der Waals surface area contributed by atoms with E-state index in [9.17, 15) is 4.79 Å². The number of likely N-dealkylation sites (N-methyl/N-ethyl adjacent to an activating group) is 1. The average molecular weight is 536 g/mol. The van der Waals surface area contributed by atoms with Gasteiger partial charge in [-0.05, 0) is 76.3 Å². The third kappa shape index (κ3) is 4.94. The number of amides is 1. The minimum absolute atomic E-state index is 0.0127. The fourth-order valence-corrected chi connectivity index (χ4v) is 4.56. The van der Waals surface area contributed by atoms with E-state index in [1.165, 1.54) is 12.7 Å².